The average molecular weight is 348 g/mol. The number of aliphatic hydroxyl groups excluding tert-OH is 1. The summed E-state index contributed by atoms with van der Waals surface area (Å²) in [5, 5.41) is 10.5. The highest BCUT2D eigenvalue weighted by Crippen LogP contribution is 2.26. The molecule has 0 bridgehead atoms. The summed E-state index contributed by atoms with van der Waals surface area (Å²) in [6.45, 7) is 2.31. The van der Waals surface area contributed by atoms with E-state index in [4.69, 9.17) is 0 Å². The fourth-order valence-corrected chi connectivity index (χ4v) is 3.90. The number of aliphatic hydroxyl groups is 1. The Balaban J connectivity index is 1.68. The normalized spacial score (nSPS) is 17.6. The van der Waals surface area contributed by atoms with Crippen LogP contribution in [0, 0.1) is 5.92 Å². The number of likely N-dealkylation sites (tertiary alicyclic amines) is 1. The van der Waals surface area contributed by atoms with Gasteiger partial charge in [-0.2, -0.15) is 0 Å². The number of carbonyl (C=O) groups excluding carboxylic acids is 1. The van der Waals surface area contributed by atoms with Gasteiger partial charge in [-0.15, -0.1) is 0 Å². The predicted octanol–water partition coefficient (Wildman–Crippen LogP) is 3.53. The van der Waals surface area contributed by atoms with Gasteiger partial charge in [-0.05, 0) is 30.4 Å². The quantitative estimate of drug-likeness (QED) is 0.784. The molecule has 0 aliphatic carbocycles. The van der Waals surface area contributed by atoms with E-state index in [9.17, 15) is 9.90 Å². The number of benzene rings is 2. The van der Waals surface area contributed by atoms with E-state index in [-0.39, 0.29) is 18.4 Å². The van der Waals surface area contributed by atoms with Gasteiger partial charge in [0.2, 0.25) is 0 Å². The molecule has 4 nitrogen and oxygen atoms in total. The fraction of sp³-hybridized carbons (Fsp3) is 0.318. The summed E-state index contributed by atoms with van der Waals surface area (Å²) in [5.74, 6) is 0.275. The van der Waals surface area contributed by atoms with Gasteiger partial charge in [0.25, 0.3) is 5.91 Å². The van der Waals surface area contributed by atoms with Gasteiger partial charge in [0.05, 0.1) is 5.56 Å². The van der Waals surface area contributed by atoms with Crippen LogP contribution in [-0.4, -0.2) is 40.2 Å². The van der Waals surface area contributed by atoms with Crippen molar-refractivity contribution < 1.29 is 9.90 Å². The number of aromatic nitrogens is 1. The summed E-state index contributed by atoms with van der Waals surface area (Å²) in [5.41, 5.74) is 3.05. The van der Waals surface area contributed by atoms with Gasteiger partial charge < -0.3 is 14.6 Å². The van der Waals surface area contributed by atoms with E-state index in [1.807, 2.05) is 47.5 Å². The Morgan fingerprint density at radius 2 is 1.85 bits per heavy atom. The van der Waals surface area contributed by atoms with Crippen LogP contribution in [0.4, 0.5) is 0 Å². The van der Waals surface area contributed by atoms with Gasteiger partial charge in [-0.1, -0.05) is 48.5 Å². The lowest BCUT2D eigenvalue weighted by Crippen LogP contribution is -2.40. The first-order valence-electron chi connectivity index (χ1n) is 9.28. The third-order valence-electron chi connectivity index (χ3n) is 5.28. The maximum absolute atomic E-state index is 13.2. The van der Waals surface area contributed by atoms with Gasteiger partial charge in [-0.3, -0.25) is 4.79 Å². The van der Waals surface area contributed by atoms with Crippen molar-refractivity contribution in [2.75, 3.05) is 19.7 Å². The summed E-state index contributed by atoms with van der Waals surface area (Å²) in [7, 11) is 0. The topological polar surface area (TPSA) is 45.5 Å². The monoisotopic (exact) mass is 348 g/mol. The molecule has 2 aromatic carbocycles. The van der Waals surface area contributed by atoms with Crippen molar-refractivity contribution in [3.05, 3.63) is 71.9 Å². The molecule has 2 heterocycles. The minimum absolute atomic E-state index is 0.0751. The largest absolute Gasteiger partial charge is 0.396 e. The lowest BCUT2D eigenvalue weighted by atomic mass is 9.98. The number of para-hydroxylation sites is 1. The molecular formula is C22H24N2O2. The summed E-state index contributed by atoms with van der Waals surface area (Å²) < 4.78 is 2.16. The summed E-state index contributed by atoms with van der Waals surface area (Å²) >= 11 is 0. The van der Waals surface area contributed by atoms with E-state index in [0.717, 1.165) is 42.4 Å². The Labute approximate surface area is 153 Å². The number of hydrogen-bond acceptors (Lipinski definition) is 2. The number of fused-ring (bicyclic) bond motifs is 1. The molecule has 134 valence electrons. The van der Waals surface area contributed by atoms with Crippen molar-refractivity contribution in [1.29, 1.82) is 0 Å². The smallest absolute Gasteiger partial charge is 0.256 e. The predicted molar refractivity (Wildman–Crippen MR) is 103 cm³/mol. The maximum Gasteiger partial charge on any atom is 0.256 e. The Kier molecular flexibility index (Phi) is 4.76. The standard InChI is InChI=1S/C22H24N2O2/c25-16-18-9-6-12-23(14-18)22(26)20-15-24(13-17-7-2-1-3-8-17)21-11-5-4-10-19(20)21/h1-5,7-8,10-11,15,18,25H,6,9,12-14,16H2. The molecule has 26 heavy (non-hydrogen) atoms. The Hall–Kier alpha value is -2.59. The van der Waals surface area contributed by atoms with E-state index in [0.29, 0.717) is 6.54 Å². The third kappa shape index (κ3) is 3.25. The number of amides is 1. The summed E-state index contributed by atoms with van der Waals surface area (Å²) in [6.07, 6.45) is 3.94. The Morgan fingerprint density at radius 3 is 2.65 bits per heavy atom. The highest BCUT2D eigenvalue weighted by molar-refractivity contribution is 6.07. The fourth-order valence-electron chi connectivity index (χ4n) is 3.90. The van der Waals surface area contributed by atoms with Crippen molar-refractivity contribution >= 4 is 16.8 Å². The lowest BCUT2D eigenvalue weighted by molar-refractivity contribution is 0.0622. The zero-order chi connectivity index (χ0) is 17.9. The summed E-state index contributed by atoms with van der Waals surface area (Å²) in [4.78, 5) is 15.1. The minimum atomic E-state index is 0.0751. The number of nitrogens with zero attached hydrogens (tertiary/aromatic N) is 2. The highest BCUT2D eigenvalue weighted by atomic mass is 16.3. The summed E-state index contributed by atoms with van der Waals surface area (Å²) in [6, 6.07) is 18.4. The van der Waals surface area contributed by atoms with Crippen LogP contribution < -0.4 is 0 Å². The molecule has 1 unspecified atom stereocenters. The zero-order valence-electron chi connectivity index (χ0n) is 14.8. The Morgan fingerprint density at radius 1 is 1.08 bits per heavy atom. The second-order valence-electron chi connectivity index (χ2n) is 7.12. The van der Waals surface area contributed by atoms with Gasteiger partial charge in [0.15, 0.2) is 0 Å². The maximum atomic E-state index is 13.2. The SMILES string of the molecule is O=C(c1cn(Cc2ccccc2)c2ccccc12)N1CCCC(CO)C1. The zero-order valence-corrected chi connectivity index (χ0v) is 14.8. The lowest BCUT2D eigenvalue weighted by Gasteiger charge is -2.31. The molecule has 1 saturated heterocycles. The van der Waals surface area contributed by atoms with Crippen LogP contribution in [0.1, 0.15) is 28.8 Å². The van der Waals surface area contributed by atoms with Crippen LogP contribution in [0.3, 0.4) is 0 Å². The highest BCUT2D eigenvalue weighted by Gasteiger charge is 2.26. The molecule has 4 rings (SSSR count). The van der Waals surface area contributed by atoms with Crippen molar-refractivity contribution in [3.8, 4) is 0 Å². The van der Waals surface area contributed by atoms with Crippen LogP contribution >= 0.6 is 0 Å². The molecule has 3 aromatic rings. The first kappa shape index (κ1) is 16.9. The van der Waals surface area contributed by atoms with E-state index >= 15 is 0 Å². The molecule has 1 N–H and O–H groups in total. The van der Waals surface area contributed by atoms with Crippen LogP contribution in [0.15, 0.2) is 60.8 Å². The van der Waals surface area contributed by atoms with Crippen molar-refractivity contribution in [2.24, 2.45) is 5.92 Å². The molecular weight excluding hydrogens is 324 g/mol. The molecule has 0 spiro atoms. The molecule has 1 atom stereocenters. The van der Waals surface area contributed by atoms with E-state index in [1.165, 1.54) is 5.56 Å². The van der Waals surface area contributed by atoms with Gasteiger partial charge in [0.1, 0.15) is 0 Å². The number of carbonyl (C=O) groups is 1. The van der Waals surface area contributed by atoms with Crippen LogP contribution in [0.5, 0.6) is 0 Å². The van der Waals surface area contributed by atoms with Crippen molar-refractivity contribution in [2.45, 2.75) is 19.4 Å². The van der Waals surface area contributed by atoms with Gasteiger partial charge in [-0.25, -0.2) is 0 Å². The Bertz CT molecular complexity index is 901. The molecule has 4 heteroatoms. The van der Waals surface area contributed by atoms with Crippen molar-refractivity contribution in [3.63, 3.8) is 0 Å². The van der Waals surface area contributed by atoms with E-state index in [2.05, 4.69) is 22.8 Å². The van der Waals surface area contributed by atoms with Crippen LogP contribution in [-0.2, 0) is 6.54 Å². The number of rotatable bonds is 4. The van der Waals surface area contributed by atoms with Gasteiger partial charge >= 0.3 is 0 Å². The number of hydrogen-bond donors (Lipinski definition) is 1. The first-order valence-corrected chi connectivity index (χ1v) is 9.28. The molecule has 0 saturated carbocycles. The second kappa shape index (κ2) is 7.34. The van der Waals surface area contributed by atoms with Gasteiger partial charge in [0, 0.05) is 43.3 Å². The third-order valence-corrected chi connectivity index (χ3v) is 5.28. The van der Waals surface area contributed by atoms with Crippen LogP contribution in [0.25, 0.3) is 10.9 Å². The molecule has 1 aliphatic heterocycles. The van der Waals surface area contributed by atoms with Crippen LogP contribution in [0.2, 0.25) is 0 Å². The van der Waals surface area contributed by atoms with E-state index in [1.54, 1.807) is 0 Å². The molecule has 1 aromatic heterocycles. The molecule has 1 amide bonds. The average Bonchev–Trinajstić information content (AvgIpc) is 3.07. The molecule has 1 fully saturated rings. The first-order chi connectivity index (χ1) is 12.8. The van der Waals surface area contributed by atoms with E-state index < -0.39 is 0 Å². The molecule has 1 aliphatic rings. The molecule has 0 radical (unpaired) electrons. The number of piperidine rings is 1. The van der Waals surface area contributed by atoms with Crippen molar-refractivity contribution in [1.82, 2.24) is 9.47 Å². The second-order valence-corrected chi connectivity index (χ2v) is 7.12. The minimum Gasteiger partial charge on any atom is -0.396 e.